The molecule has 0 aliphatic heterocycles. The Morgan fingerprint density at radius 1 is 0.826 bits per heavy atom. The van der Waals surface area contributed by atoms with Crippen LogP contribution in [0, 0.1) is 0 Å². The van der Waals surface area contributed by atoms with E-state index in [0.717, 1.165) is 33.5 Å². The maximum atomic E-state index is 5.89. The number of rotatable bonds is 5. The predicted octanol–water partition coefficient (Wildman–Crippen LogP) is 5.65. The van der Waals surface area contributed by atoms with Crippen molar-refractivity contribution < 1.29 is 0 Å². The van der Waals surface area contributed by atoms with Crippen LogP contribution in [0.5, 0.6) is 0 Å². The number of thioether (sulfide) groups is 1. The summed E-state index contributed by atoms with van der Waals surface area (Å²) in [7, 11) is 0. The Kier molecular flexibility index (Phi) is 5.31. The number of benzene rings is 2. The minimum atomic E-state index is 0.761. The number of aryl methyl sites for hydroxylation is 1. The number of halogens is 1. The van der Waals surface area contributed by atoms with Crippen molar-refractivity contribution in [1.82, 2.24) is 10.2 Å². The molecule has 0 saturated carbocycles. The van der Waals surface area contributed by atoms with Gasteiger partial charge in [0.05, 0.1) is 5.69 Å². The number of hydrogen-bond acceptors (Lipinski definition) is 3. The zero-order valence-electron chi connectivity index (χ0n) is 12.9. The first kappa shape index (κ1) is 16.0. The number of aromatic nitrogens is 2. The van der Waals surface area contributed by atoms with Crippen LogP contribution in [0.15, 0.2) is 65.7 Å². The lowest BCUT2D eigenvalue weighted by molar-refractivity contribution is 0.935. The average molecular weight is 341 g/mol. The van der Waals surface area contributed by atoms with Gasteiger partial charge in [-0.1, -0.05) is 66.7 Å². The molecular weight excluding hydrogens is 324 g/mol. The first-order valence-electron chi connectivity index (χ1n) is 7.55. The van der Waals surface area contributed by atoms with Crippen LogP contribution in [-0.2, 0) is 12.2 Å². The van der Waals surface area contributed by atoms with Crippen LogP contribution < -0.4 is 0 Å². The van der Waals surface area contributed by atoms with Crippen molar-refractivity contribution in [2.24, 2.45) is 0 Å². The summed E-state index contributed by atoms with van der Waals surface area (Å²) >= 11 is 7.57. The second-order valence-electron chi connectivity index (χ2n) is 5.22. The lowest BCUT2D eigenvalue weighted by Gasteiger charge is -2.04. The van der Waals surface area contributed by atoms with E-state index in [2.05, 4.69) is 41.4 Å². The molecule has 0 unspecified atom stereocenters. The van der Waals surface area contributed by atoms with Gasteiger partial charge in [0.2, 0.25) is 0 Å². The van der Waals surface area contributed by atoms with Crippen molar-refractivity contribution in [2.75, 3.05) is 0 Å². The van der Waals surface area contributed by atoms with E-state index in [4.69, 9.17) is 11.6 Å². The minimum absolute atomic E-state index is 0.761. The molecule has 0 aliphatic carbocycles. The second kappa shape index (κ2) is 7.62. The van der Waals surface area contributed by atoms with Crippen LogP contribution in [-0.4, -0.2) is 10.2 Å². The van der Waals surface area contributed by atoms with Crippen LogP contribution >= 0.6 is 23.4 Å². The van der Waals surface area contributed by atoms with Crippen molar-refractivity contribution in [3.8, 4) is 11.3 Å². The lowest BCUT2D eigenvalue weighted by Crippen LogP contribution is -1.90. The third-order valence-corrected chi connectivity index (χ3v) is 4.84. The molecule has 0 N–H and O–H groups in total. The third kappa shape index (κ3) is 4.34. The Labute approximate surface area is 145 Å². The van der Waals surface area contributed by atoms with Crippen LogP contribution in [0.25, 0.3) is 11.3 Å². The molecule has 0 bridgehead atoms. The van der Waals surface area contributed by atoms with Gasteiger partial charge in [-0.05, 0) is 41.8 Å². The topological polar surface area (TPSA) is 25.8 Å². The van der Waals surface area contributed by atoms with E-state index in [1.165, 1.54) is 11.1 Å². The highest BCUT2D eigenvalue weighted by molar-refractivity contribution is 7.98. The molecule has 116 valence electrons. The van der Waals surface area contributed by atoms with E-state index >= 15 is 0 Å². The molecule has 4 heteroatoms. The molecule has 0 spiro atoms. The number of hydrogen-bond donors (Lipinski definition) is 0. The molecule has 23 heavy (non-hydrogen) atoms. The van der Waals surface area contributed by atoms with Crippen molar-refractivity contribution >= 4 is 23.4 Å². The fourth-order valence-electron chi connectivity index (χ4n) is 2.20. The van der Waals surface area contributed by atoms with Gasteiger partial charge in [0.15, 0.2) is 0 Å². The third-order valence-electron chi connectivity index (χ3n) is 3.60. The molecule has 1 heterocycles. The van der Waals surface area contributed by atoms with Crippen LogP contribution in [0.1, 0.15) is 18.1 Å². The van der Waals surface area contributed by atoms with Gasteiger partial charge in [-0.2, -0.15) is 0 Å². The fraction of sp³-hybridized carbons (Fsp3) is 0.158. The first-order chi connectivity index (χ1) is 11.2. The van der Waals surface area contributed by atoms with Gasteiger partial charge in [-0.25, -0.2) is 0 Å². The van der Waals surface area contributed by atoms with E-state index < -0.39 is 0 Å². The van der Waals surface area contributed by atoms with Gasteiger partial charge in [-0.3, -0.25) is 0 Å². The fourth-order valence-corrected chi connectivity index (χ4v) is 3.10. The smallest absolute Gasteiger partial charge is 0.119 e. The van der Waals surface area contributed by atoms with Crippen molar-refractivity contribution in [2.45, 2.75) is 24.1 Å². The molecule has 0 atom stereocenters. The van der Waals surface area contributed by atoms with E-state index in [1.807, 2.05) is 36.4 Å². The van der Waals surface area contributed by atoms with Crippen LogP contribution in [0.4, 0.5) is 0 Å². The highest BCUT2D eigenvalue weighted by Crippen LogP contribution is 2.23. The molecule has 2 nitrogen and oxygen atoms in total. The standard InChI is InChI=1S/C19H17ClN2S/c1-2-14-3-7-16(8-4-14)18-11-12-19(22-21-18)23-13-15-5-9-17(20)10-6-15/h3-12H,2,13H2,1H3. The summed E-state index contributed by atoms with van der Waals surface area (Å²) in [5.41, 5.74) is 4.56. The van der Waals surface area contributed by atoms with Crippen molar-refractivity contribution in [1.29, 1.82) is 0 Å². The molecule has 3 rings (SSSR count). The summed E-state index contributed by atoms with van der Waals surface area (Å²) in [6.45, 7) is 2.15. The molecule has 0 radical (unpaired) electrons. The predicted molar refractivity (Wildman–Crippen MR) is 97.9 cm³/mol. The Bertz CT molecular complexity index is 753. The summed E-state index contributed by atoms with van der Waals surface area (Å²) in [6.07, 6.45) is 1.05. The Morgan fingerprint density at radius 3 is 2.13 bits per heavy atom. The van der Waals surface area contributed by atoms with E-state index in [-0.39, 0.29) is 0 Å². The molecular formula is C19H17ClN2S. The SMILES string of the molecule is CCc1ccc(-c2ccc(SCc3ccc(Cl)cc3)nn2)cc1. The second-order valence-corrected chi connectivity index (χ2v) is 6.65. The molecule has 0 amide bonds. The average Bonchev–Trinajstić information content (AvgIpc) is 2.62. The van der Waals surface area contributed by atoms with Crippen LogP contribution in [0.2, 0.25) is 5.02 Å². The first-order valence-corrected chi connectivity index (χ1v) is 8.91. The Hall–Kier alpha value is -1.84. The lowest BCUT2D eigenvalue weighted by atomic mass is 10.1. The molecule has 2 aromatic carbocycles. The number of nitrogens with zero attached hydrogens (tertiary/aromatic N) is 2. The largest absolute Gasteiger partial charge is 0.149 e. The maximum absolute atomic E-state index is 5.89. The van der Waals surface area contributed by atoms with Gasteiger partial charge >= 0.3 is 0 Å². The normalized spacial score (nSPS) is 10.7. The Balaban J connectivity index is 1.65. The summed E-state index contributed by atoms with van der Waals surface area (Å²) in [5, 5.41) is 10.3. The van der Waals surface area contributed by atoms with Crippen LogP contribution in [0.3, 0.4) is 0 Å². The zero-order valence-corrected chi connectivity index (χ0v) is 14.4. The molecule has 0 aliphatic rings. The molecule has 3 aromatic rings. The monoisotopic (exact) mass is 340 g/mol. The molecule has 0 fully saturated rings. The molecule has 0 saturated heterocycles. The quantitative estimate of drug-likeness (QED) is 0.561. The van der Waals surface area contributed by atoms with E-state index in [1.54, 1.807) is 11.8 Å². The highest BCUT2D eigenvalue weighted by atomic mass is 35.5. The van der Waals surface area contributed by atoms with Gasteiger partial charge in [0.1, 0.15) is 5.03 Å². The van der Waals surface area contributed by atoms with Gasteiger partial charge in [0, 0.05) is 16.3 Å². The zero-order chi connectivity index (χ0) is 16.1. The summed E-state index contributed by atoms with van der Waals surface area (Å²) in [5.74, 6) is 0.858. The molecule has 1 aromatic heterocycles. The summed E-state index contributed by atoms with van der Waals surface area (Å²) in [6, 6.07) is 20.4. The van der Waals surface area contributed by atoms with Gasteiger partial charge in [0.25, 0.3) is 0 Å². The van der Waals surface area contributed by atoms with Crippen molar-refractivity contribution in [3.63, 3.8) is 0 Å². The summed E-state index contributed by atoms with van der Waals surface area (Å²) < 4.78 is 0. The summed E-state index contributed by atoms with van der Waals surface area (Å²) in [4.78, 5) is 0. The van der Waals surface area contributed by atoms with E-state index in [9.17, 15) is 0 Å². The van der Waals surface area contributed by atoms with Gasteiger partial charge in [-0.15, -0.1) is 10.2 Å². The highest BCUT2D eigenvalue weighted by Gasteiger charge is 2.03. The van der Waals surface area contributed by atoms with E-state index in [0.29, 0.717) is 0 Å². The van der Waals surface area contributed by atoms with Gasteiger partial charge < -0.3 is 0 Å². The maximum Gasteiger partial charge on any atom is 0.119 e. The Morgan fingerprint density at radius 2 is 1.52 bits per heavy atom. The van der Waals surface area contributed by atoms with Crippen molar-refractivity contribution in [3.05, 3.63) is 76.8 Å². The minimum Gasteiger partial charge on any atom is -0.149 e.